The summed E-state index contributed by atoms with van der Waals surface area (Å²) in [5.74, 6) is 2.47. The van der Waals surface area contributed by atoms with Crippen molar-refractivity contribution >= 4 is 0 Å². The normalized spacial score (nSPS) is 13.4. The van der Waals surface area contributed by atoms with Crippen LogP contribution in [0.1, 0.15) is 41.7 Å². The molecule has 1 aliphatic heterocycles. The lowest BCUT2D eigenvalue weighted by Gasteiger charge is -2.29. The van der Waals surface area contributed by atoms with Crippen molar-refractivity contribution in [3.8, 4) is 22.9 Å². The summed E-state index contributed by atoms with van der Waals surface area (Å²) in [5, 5.41) is 5.00. The lowest BCUT2D eigenvalue weighted by Crippen LogP contribution is -3.00. The maximum atomic E-state index is 5.55. The highest BCUT2D eigenvalue weighted by Crippen LogP contribution is 2.39. The minimum atomic E-state index is -0.0719. The van der Waals surface area contributed by atoms with Gasteiger partial charge in [-0.2, -0.15) is 0 Å². The molecule has 0 saturated carbocycles. The van der Waals surface area contributed by atoms with E-state index in [-0.39, 0.29) is 23.4 Å². The Balaban J connectivity index is 0.00000171. The van der Waals surface area contributed by atoms with Crippen molar-refractivity contribution in [1.29, 1.82) is 0 Å². The maximum Gasteiger partial charge on any atom is 0.309 e. The highest BCUT2D eigenvalue weighted by molar-refractivity contribution is 5.65. The highest BCUT2D eigenvalue weighted by atomic mass is 35.5. The Labute approximate surface area is 190 Å². The quantitative estimate of drug-likeness (QED) is 0.542. The molecule has 0 aliphatic carbocycles. The van der Waals surface area contributed by atoms with Gasteiger partial charge in [-0.05, 0) is 69.0 Å². The van der Waals surface area contributed by atoms with E-state index in [0.717, 1.165) is 35.9 Å². The standard InChI is InChI=1S/C24H30N3O2.ClH.H2O/c1-15-8-16(2)20(17(3)9-15)13-26-14-27-23(25-26)19-11-22(29-7)21(28-6)10-18(19)12-24(27,4)5;;/h8-11,14H,12-13H2,1-7H3;1H;1H2/q+1;;/p-1. The van der Waals surface area contributed by atoms with E-state index >= 15 is 0 Å². The van der Waals surface area contributed by atoms with Crippen molar-refractivity contribution < 1.29 is 31.9 Å². The molecule has 1 aliphatic rings. The predicted molar refractivity (Wildman–Crippen MR) is 117 cm³/mol. The molecule has 168 valence electrons. The van der Waals surface area contributed by atoms with Crippen molar-refractivity contribution in [1.82, 2.24) is 9.78 Å². The van der Waals surface area contributed by atoms with Gasteiger partial charge in [0.1, 0.15) is 6.54 Å². The van der Waals surface area contributed by atoms with Crippen molar-refractivity contribution in [2.24, 2.45) is 0 Å². The number of hydrogen-bond acceptors (Lipinski definition) is 3. The molecular weight excluding hydrogens is 414 g/mol. The molecule has 0 saturated heterocycles. The Kier molecular flexibility index (Phi) is 7.08. The first kappa shape index (κ1) is 24.7. The number of methoxy groups -OCH3 is 2. The van der Waals surface area contributed by atoms with Gasteiger partial charge < -0.3 is 27.4 Å². The second-order valence-corrected chi connectivity index (χ2v) is 8.74. The molecule has 7 heteroatoms. The van der Waals surface area contributed by atoms with Crippen LogP contribution in [0.15, 0.2) is 30.6 Å². The topological polar surface area (TPSA) is 71.7 Å². The van der Waals surface area contributed by atoms with E-state index in [1.54, 1.807) is 14.2 Å². The van der Waals surface area contributed by atoms with E-state index in [0.29, 0.717) is 0 Å². The van der Waals surface area contributed by atoms with Crippen LogP contribution in [0.5, 0.6) is 11.5 Å². The summed E-state index contributed by atoms with van der Waals surface area (Å²) in [6.45, 7) is 11.8. The van der Waals surface area contributed by atoms with E-state index in [9.17, 15) is 0 Å². The molecule has 3 aromatic rings. The van der Waals surface area contributed by atoms with Crippen LogP contribution in [-0.4, -0.2) is 29.5 Å². The molecule has 6 nitrogen and oxygen atoms in total. The third-order valence-electron chi connectivity index (χ3n) is 5.99. The first-order valence-corrected chi connectivity index (χ1v) is 10.0. The summed E-state index contributed by atoms with van der Waals surface area (Å²) in [6, 6.07) is 8.63. The number of fused-ring (bicyclic) bond motifs is 3. The molecular formula is C24H32ClN3O3. The van der Waals surface area contributed by atoms with E-state index < -0.39 is 0 Å². The summed E-state index contributed by atoms with van der Waals surface area (Å²) >= 11 is 0. The van der Waals surface area contributed by atoms with Gasteiger partial charge in [0.2, 0.25) is 6.33 Å². The molecule has 0 spiro atoms. The Morgan fingerprint density at radius 1 is 1.00 bits per heavy atom. The largest absolute Gasteiger partial charge is 1.00 e. The summed E-state index contributed by atoms with van der Waals surface area (Å²) < 4.78 is 15.4. The van der Waals surface area contributed by atoms with Crippen molar-refractivity contribution in [3.63, 3.8) is 0 Å². The molecule has 4 rings (SSSR count). The Bertz CT molecular complexity index is 1080. The average Bonchev–Trinajstić information content (AvgIpc) is 3.09. The van der Waals surface area contributed by atoms with Crippen LogP contribution in [0.4, 0.5) is 0 Å². The molecule has 2 aromatic carbocycles. The van der Waals surface area contributed by atoms with E-state index in [4.69, 9.17) is 14.6 Å². The second kappa shape index (κ2) is 8.89. The maximum absolute atomic E-state index is 5.55. The van der Waals surface area contributed by atoms with Crippen LogP contribution in [0.3, 0.4) is 0 Å². The van der Waals surface area contributed by atoms with Gasteiger partial charge in [-0.3, -0.25) is 0 Å². The van der Waals surface area contributed by atoms with Crippen molar-refractivity contribution in [3.05, 3.63) is 58.4 Å². The fraction of sp³-hybridized carbons (Fsp3) is 0.417. The van der Waals surface area contributed by atoms with Gasteiger partial charge >= 0.3 is 5.82 Å². The van der Waals surface area contributed by atoms with Crippen LogP contribution >= 0.6 is 0 Å². The predicted octanol–water partition coefficient (Wildman–Crippen LogP) is 0.299. The minimum absolute atomic E-state index is 0. The fourth-order valence-corrected chi connectivity index (χ4v) is 4.53. The fourth-order valence-electron chi connectivity index (χ4n) is 4.53. The Hall–Kier alpha value is -2.57. The van der Waals surface area contributed by atoms with Gasteiger partial charge in [0.05, 0.1) is 25.3 Å². The summed E-state index contributed by atoms with van der Waals surface area (Å²) in [7, 11) is 3.35. The summed E-state index contributed by atoms with van der Waals surface area (Å²) in [4.78, 5) is 0. The Morgan fingerprint density at radius 2 is 1.58 bits per heavy atom. The first-order chi connectivity index (χ1) is 13.7. The minimum Gasteiger partial charge on any atom is -1.00 e. The molecule has 0 unspecified atom stereocenters. The van der Waals surface area contributed by atoms with Gasteiger partial charge in [-0.25, -0.2) is 4.57 Å². The summed E-state index contributed by atoms with van der Waals surface area (Å²) in [6.07, 6.45) is 3.06. The van der Waals surface area contributed by atoms with Crippen LogP contribution in [-0.2, 0) is 18.5 Å². The Morgan fingerprint density at radius 3 is 2.16 bits per heavy atom. The third kappa shape index (κ3) is 4.27. The molecule has 2 N–H and O–H groups in total. The van der Waals surface area contributed by atoms with E-state index in [1.807, 2.05) is 0 Å². The van der Waals surface area contributed by atoms with E-state index in [2.05, 4.69) is 74.5 Å². The lowest BCUT2D eigenvalue weighted by molar-refractivity contribution is -0.750. The number of aromatic nitrogens is 3. The summed E-state index contributed by atoms with van der Waals surface area (Å²) in [5.41, 5.74) is 7.53. The molecule has 1 aromatic heterocycles. The molecule has 0 atom stereocenters. The molecule has 31 heavy (non-hydrogen) atoms. The number of nitrogens with zero attached hydrogens (tertiary/aromatic N) is 3. The molecule has 0 radical (unpaired) electrons. The molecule has 0 bridgehead atoms. The van der Waals surface area contributed by atoms with Gasteiger partial charge in [0.25, 0.3) is 0 Å². The number of hydrogen-bond donors (Lipinski definition) is 0. The van der Waals surface area contributed by atoms with Crippen LogP contribution in [0.2, 0.25) is 0 Å². The van der Waals surface area contributed by atoms with Gasteiger partial charge in [0, 0.05) is 11.5 Å². The molecule has 2 heterocycles. The zero-order valence-electron chi connectivity index (χ0n) is 19.3. The van der Waals surface area contributed by atoms with Crippen LogP contribution in [0.25, 0.3) is 11.4 Å². The SMILES string of the molecule is COc1cc2c(cc1OC)-c1nn(Cc3c(C)cc(C)cc3C)c[n+]1C(C)(C)C2.O.[Cl-]. The highest BCUT2D eigenvalue weighted by Gasteiger charge is 2.39. The van der Waals surface area contributed by atoms with Gasteiger partial charge in [-0.15, -0.1) is 4.68 Å². The molecule has 0 amide bonds. The van der Waals surface area contributed by atoms with Gasteiger partial charge in [0.15, 0.2) is 11.5 Å². The average molecular weight is 446 g/mol. The van der Waals surface area contributed by atoms with Crippen LogP contribution in [0, 0.1) is 20.8 Å². The van der Waals surface area contributed by atoms with E-state index in [1.165, 1.54) is 27.8 Å². The zero-order valence-corrected chi connectivity index (χ0v) is 20.1. The third-order valence-corrected chi connectivity index (χ3v) is 5.99. The zero-order chi connectivity index (χ0) is 20.9. The van der Waals surface area contributed by atoms with Crippen LogP contribution < -0.4 is 26.4 Å². The van der Waals surface area contributed by atoms with Gasteiger partial charge in [-0.1, -0.05) is 17.7 Å². The number of halogens is 1. The molecule has 0 fully saturated rings. The van der Waals surface area contributed by atoms with Crippen molar-refractivity contribution in [2.75, 3.05) is 14.2 Å². The monoisotopic (exact) mass is 445 g/mol. The number of ether oxygens (including phenoxy) is 2. The second-order valence-electron chi connectivity index (χ2n) is 8.74. The first-order valence-electron chi connectivity index (χ1n) is 10.0. The number of benzene rings is 2. The number of rotatable bonds is 4. The smallest absolute Gasteiger partial charge is 0.309 e. The van der Waals surface area contributed by atoms with Crippen molar-refractivity contribution in [2.45, 2.75) is 53.1 Å². The number of aryl methyl sites for hydroxylation is 3. The lowest BCUT2D eigenvalue weighted by atomic mass is 9.87.